The molecule has 2 aromatic heterocycles. The van der Waals surface area contributed by atoms with Crippen molar-refractivity contribution in [3.05, 3.63) is 90.7 Å². The first kappa shape index (κ1) is 21.8. The number of para-hydroxylation sites is 1. The molecule has 0 fully saturated rings. The lowest BCUT2D eigenvalue weighted by Gasteiger charge is -2.08. The molecule has 3 aromatic carbocycles. The molecule has 0 radical (unpaired) electrons. The second-order valence-corrected chi connectivity index (χ2v) is 9.31. The van der Waals surface area contributed by atoms with Gasteiger partial charge in [0.05, 0.1) is 27.3 Å². The van der Waals surface area contributed by atoms with E-state index in [2.05, 4.69) is 43.6 Å². The minimum atomic E-state index is -0.269. The van der Waals surface area contributed by atoms with Gasteiger partial charge in [0.15, 0.2) is 5.76 Å². The highest BCUT2D eigenvalue weighted by atomic mass is 127. The van der Waals surface area contributed by atoms with E-state index in [9.17, 15) is 4.79 Å². The van der Waals surface area contributed by atoms with Crippen molar-refractivity contribution < 1.29 is 9.15 Å². The first-order chi connectivity index (χ1) is 16.0. The van der Waals surface area contributed by atoms with E-state index in [1.807, 2.05) is 67.6 Å². The van der Waals surface area contributed by atoms with E-state index < -0.39 is 0 Å². The van der Waals surface area contributed by atoms with Crippen LogP contribution in [0.15, 0.2) is 85.5 Å². The summed E-state index contributed by atoms with van der Waals surface area (Å²) in [4.78, 5) is 18.1. The molecule has 8 heteroatoms. The third-order valence-corrected chi connectivity index (χ3v) is 6.37. The molecule has 0 bridgehead atoms. The lowest BCUT2D eigenvalue weighted by atomic mass is 10.2. The normalized spacial score (nSPS) is 11.6. The van der Waals surface area contributed by atoms with Crippen molar-refractivity contribution in [3.63, 3.8) is 0 Å². The van der Waals surface area contributed by atoms with Gasteiger partial charge in [-0.15, -0.1) is 0 Å². The summed E-state index contributed by atoms with van der Waals surface area (Å²) in [7, 11) is 0. The van der Waals surface area contributed by atoms with Crippen molar-refractivity contribution in [3.8, 4) is 17.3 Å². The van der Waals surface area contributed by atoms with Gasteiger partial charge in [0.2, 0.25) is 5.82 Å². The Balaban J connectivity index is 1.67. The van der Waals surface area contributed by atoms with Crippen LogP contribution in [0.5, 0.6) is 5.75 Å². The number of hydrogen-bond donors (Lipinski definition) is 0. The number of fused-ring (bicyclic) bond motifs is 2. The third-order valence-electron chi connectivity index (χ3n) is 5.03. The molecule has 6 nitrogen and oxygen atoms in total. The van der Waals surface area contributed by atoms with Crippen molar-refractivity contribution >= 4 is 66.6 Å². The van der Waals surface area contributed by atoms with Gasteiger partial charge in [-0.3, -0.25) is 4.79 Å². The molecule has 0 aliphatic rings. The Labute approximate surface area is 211 Å². The molecule has 0 spiro atoms. The average molecular weight is 614 g/mol. The molecular weight excluding hydrogens is 597 g/mol. The summed E-state index contributed by atoms with van der Waals surface area (Å²) in [6, 6.07) is 20.6. The molecule has 0 amide bonds. The van der Waals surface area contributed by atoms with Crippen LogP contribution in [0, 0.1) is 3.57 Å². The third kappa shape index (κ3) is 4.32. The van der Waals surface area contributed by atoms with Gasteiger partial charge < -0.3 is 9.15 Å². The van der Waals surface area contributed by atoms with Gasteiger partial charge in [0.25, 0.3) is 5.56 Å². The number of nitrogens with zero attached hydrogens (tertiary/aromatic N) is 3. The van der Waals surface area contributed by atoms with Crippen LogP contribution in [0.25, 0.3) is 33.5 Å². The zero-order chi connectivity index (χ0) is 22.9. The maximum atomic E-state index is 13.4. The molecule has 164 valence electrons. The van der Waals surface area contributed by atoms with Crippen LogP contribution < -0.4 is 10.3 Å². The van der Waals surface area contributed by atoms with Crippen LogP contribution in [-0.4, -0.2) is 22.5 Å². The van der Waals surface area contributed by atoms with Crippen molar-refractivity contribution in [2.75, 3.05) is 6.61 Å². The van der Waals surface area contributed by atoms with Crippen LogP contribution >= 0.6 is 38.5 Å². The maximum absolute atomic E-state index is 13.4. The fourth-order valence-corrected chi connectivity index (χ4v) is 4.58. The molecule has 5 rings (SSSR count). The molecule has 33 heavy (non-hydrogen) atoms. The van der Waals surface area contributed by atoms with E-state index in [0.29, 0.717) is 34.7 Å². The topological polar surface area (TPSA) is 69.6 Å². The van der Waals surface area contributed by atoms with E-state index in [0.717, 1.165) is 24.7 Å². The Morgan fingerprint density at radius 1 is 1.15 bits per heavy atom. The second kappa shape index (κ2) is 9.11. The molecule has 0 atom stereocenters. The summed E-state index contributed by atoms with van der Waals surface area (Å²) >= 11 is 5.70. The molecule has 5 aromatic rings. The number of rotatable bonds is 5. The van der Waals surface area contributed by atoms with E-state index >= 15 is 0 Å². The molecule has 2 heterocycles. The Bertz CT molecular complexity index is 1590. The summed E-state index contributed by atoms with van der Waals surface area (Å²) in [6.45, 7) is 2.54. The fraction of sp³-hybridized carbons (Fsp3) is 0.0800. The van der Waals surface area contributed by atoms with Crippen LogP contribution in [-0.2, 0) is 0 Å². The van der Waals surface area contributed by atoms with Crippen molar-refractivity contribution in [2.45, 2.75) is 6.92 Å². The smallest absolute Gasteiger partial charge is 0.282 e. The van der Waals surface area contributed by atoms with Gasteiger partial charge >= 0.3 is 0 Å². The Morgan fingerprint density at radius 2 is 2.00 bits per heavy atom. The van der Waals surface area contributed by atoms with E-state index in [1.165, 1.54) is 4.68 Å². The van der Waals surface area contributed by atoms with Crippen LogP contribution in [0.3, 0.4) is 0 Å². The van der Waals surface area contributed by atoms with Gasteiger partial charge in [0, 0.05) is 9.86 Å². The van der Waals surface area contributed by atoms with Crippen molar-refractivity contribution in [1.82, 2.24) is 9.66 Å². The van der Waals surface area contributed by atoms with Crippen LogP contribution in [0.1, 0.15) is 12.5 Å². The first-order valence-electron chi connectivity index (χ1n) is 10.2. The maximum Gasteiger partial charge on any atom is 0.282 e. The quantitative estimate of drug-likeness (QED) is 0.169. The summed E-state index contributed by atoms with van der Waals surface area (Å²) < 4.78 is 14.8. The summed E-state index contributed by atoms with van der Waals surface area (Å²) in [6.07, 6.45) is 1.64. The molecule has 0 aliphatic heterocycles. The van der Waals surface area contributed by atoms with Crippen molar-refractivity contribution in [1.29, 1.82) is 0 Å². The minimum Gasteiger partial charge on any atom is -0.493 e. The van der Waals surface area contributed by atoms with Gasteiger partial charge in [0.1, 0.15) is 11.3 Å². The van der Waals surface area contributed by atoms with Gasteiger partial charge in [-0.1, -0.05) is 28.1 Å². The lowest BCUT2D eigenvalue weighted by Crippen LogP contribution is -2.20. The summed E-state index contributed by atoms with van der Waals surface area (Å²) in [5.74, 6) is 1.61. The zero-order valence-corrected chi connectivity index (χ0v) is 21.2. The standard InChI is InChI=1S/C25H17BrIN3O3/c1-2-32-22-9-7-15(11-19(22)27)14-28-30-24(29-20-6-4-3-5-18(20)25(30)31)23-13-16-12-17(26)8-10-21(16)33-23/h3-14H,2H2,1H3. The zero-order valence-electron chi connectivity index (χ0n) is 17.5. The van der Waals surface area contributed by atoms with E-state index in [4.69, 9.17) is 14.1 Å². The number of ether oxygens (including phenoxy) is 1. The van der Waals surface area contributed by atoms with E-state index in [-0.39, 0.29) is 5.56 Å². The molecule has 0 saturated heterocycles. The summed E-state index contributed by atoms with van der Waals surface area (Å²) in [5.41, 5.74) is 1.85. The van der Waals surface area contributed by atoms with Gasteiger partial charge in [-0.25, -0.2) is 4.98 Å². The molecule has 0 N–H and O–H groups in total. The Hall–Kier alpha value is -2.98. The number of furan rings is 1. The fourth-order valence-electron chi connectivity index (χ4n) is 3.51. The highest BCUT2D eigenvalue weighted by Crippen LogP contribution is 2.29. The van der Waals surface area contributed by atoms with Crippen LogP contribution in [0.4, 0.5) is 0 Å². The lowest BCUT2D eigenvalue weighted by molar-refractivity contribution is 0.338. The van der Waals surface area contributed by atoms with Gasteiger partial charge in [-0.2, -0.15) is 9.78 Å². The summed E-state index contributed by atoms with van der Waals surface area (Å²) in [5, 5.41) is 5.90. The monoisotopic (exact) mass is 613 g/mol. The van der Waals surface area contributed by atoms with Crippen LogP contribution in [0.2, 0.25) is 0 Å². The van der Waals surface area contributed by atoms with Gasteiger partial charge in [-0.05, 0) is 89.7 Å². The predicted octanol–water partition coefficient (Wildman–Crippen LogP) is 6.46. The minimum absolute atomic E-state index is 0.269. The SMILES string of the molecule is CCOc1ccc(C=Nn2c(-c3cc4cc(Br)ccc4o3)nc3ccccc3c2=O)cc1I. The molecule has 0 unspecified atom stereocenters. The second-order valence-electron chi connectivity index (χ2n) is 7.23. The highest BCUT2D eigenvalue weighted by molar-refractivity contribution is 14.1. The number of halogens is 2. The average Bonchev–Trinajstić information content (AvgIpc) is 3.23. The number of hydrogen-bond acceptors (Lipinski definition) is 5. The molecule has 0 saturated carbocycles. The Morgan fingerprint density at radius 3 is 2.82 bits per heavy atom. The largest absolute Gasteiger partial charge is 0.493 e. The Kier molecular flexibility index (Phi) is 6.03. The number of benzene rings is 3. The molecular formula is C25H17BrIN3O3. The van der Waals surface area contributed by atoms with Crippen molar-refractivity contribution in [2.24, 2.45) is 5.10 Å². The predicted molar refractivity (Wildman–Crippen MR) is 142 cm³/mol. The highest BCUT2D eigenvalue weighted by Gasteiger charge is 2.16. The molecule has 0 aliphatic carbocycles. The van der Waals surface area contributed by atoms with E-state index in [1.54, 1.807) is 12.3 Å². The number of aromatic nitrogens is 2. The first-order valence-corrected chi connectivity index (χ1v) is 12.1.